The van der Waals surface area contributed by atoms with Crippen LogP contribution in [0.25, 0.3) is 0 Å². The fraction of sp³-hybridized carbons (Fsp3) is 0.679. The zero-order valence-corrected chi connectivity index (χ0v) is 23.5. The predicted molar refractivity (Wildman–Crippen MR) is 146 cm³/mol. The van der Waals surface area contributed by atoms with Crippen molar-refractivity contribution in [1.29, 1.82) is 0 Å². The maximum Gasteiger partial charge on any atom is 0.328 e. The summed E-state index contributed by atoms with van der Waals surface area (Å²) in [4.78, 5) is 39.1. The van der Waals surface area contributed by atoms with Gasteiger partial charge in [-0.1, -0.05) is 78.3 Å². The maximum atomic E-state index is 13.3. The van der Waals surface area contributed by atoms with Gasteiger partial charge in [0.25, 0.3) is 0 Å². The minimum atomic E-state index is -0.889. The van der Waals surface area contributed by atoms with Gasteiger partial charge in [-0.2, -0.15) is 0 Å². The van der Waals surface area contributed by atoms with Gasteiger partial charge in [-0.25, -0.2) is 4.79 Å². The van der Waals surface area contributed by atoms with Crippen LogP contribution in [0.5, 0.6) is 0 Å². The van der Waals surface area contributed by atoms with E-state index < -0.39 is 42.1 Å². The maximum absolute atomic E-state index is 13.3. The van der Waals surface area contributed by atoms with Gasteiger partial charge in [0.1, 0.15) is 12.1 Å². The molecule has 6 atom stereocenters. The van der Waals surface area contributed by atoms with Gasteiger partial charge < -0.3 is 31.5 Å². The van der Waals surface area contributed by atoms with Crippen LogP contribution in [0.3, 0.4) is 0 Å². The van der Waals surface area contributed by atoms with E-state index in [0.29, 0.717) is 18.8 Å². The number of amides is 2. The van der Waals surface area contributed by atoms with Crippen LogP contribution < -0.4 is 21.7 Å². The molecular formula is C28H48N4O5. The Bertz CT molecular complexity index is 833. The molecule has 37 heavy (non-hydrogen) atoms. The number of nitrogens with two attached hydrogens (primary N) is 1. The first-order valence-corrected chi connectivity index (χ1v) is 13.3. The fourth-order valence-corrected chi connectivity index (χ4v) is 4.12. The third-order valence-electron chi connectivity index (χ3n) is 6.61. The standard InChI is InChI=1S/C28H48N4O5/c1-8-19(6)25(27(35)31-22(28(36)37-7)15-20-12-10-9-11-13-20)32-26(34)24(18(4)5)30-16-23(33)21(29)14-17(2)3/h9-13,17-19,21-25,30,33H,8,14-16,29H2,1-7H3,(H,31,35)(H,32,34)/t19-,21-,22-,23-,24-,25-/m0/s1. The topological polar surface area (TPSA) is 143 Å². The van der Waals surface area contributed by atoms with Crippen LogP contribution in [0, 0.1) is 17.8 Å². The van der Waals surface area contributed by atoms with Crippen molar-refractivity contribution >= 4 is 17.8 Å². The Morgan fingerprint density at radius 1 is 0.973 bits per heavy atom. The second-order valence-electron chi connectivity index (χ2n) is 10.6. The molecule has 0 radical (unpaired) electrons. The van der Waals surface area contributed by atoms with Crippen LogP contribution in [-0.2, 0) is 25.5 Å². The van der Waals surface area contributed by atoms with Crippen molar-refractivity contribution in [2.24, 2.45) is 23.5 Å². The Labute approximate surface area is 222 Å². The molecule has 0 aliphatic heterocycles. The highest BCUT2D eigenvalue weighted by Gasteiger charge is 2.33. The van der Waals surface area contributed by atoms with E-state index in [-0.39, 0.29) is 30.7 Å². The van der Waals surface area contributed by atoms with E-state index in [2.05, 4.69) is 16.0 Å². The highest BCUT2D eigenvalue weighted by molar-refractivity contribution is 5.92. The molecule has 0 unspecified atom stereocenters. The number of benzene rings is 1. The van der Waals surface area contributed by atoms with Crippen LogP contribution in [0.4, 0.5) is 0 Å². The quantitative estimate of drug-likeness (QED) is 0.209. The van der Waals surface area contributed by atoms with Gasteiger partial charge in [0.05, 0.1) is 19.3 Å². The Balaban J connectivity index is 2.96. The van der Waals surface area contributed by atoms with Gasteiger partial charge >= 0.3 is 5.97 Å². The van der Waals surface area contributed by atoms with Crippen molar-refractivity contribution in [3.8, 4) is 0 Å². The second-order valence-corrected chi connectivity index (χ2v) is 10.6. The van der Waals surface area contributed by atoms with E-state index in [4.69, 9.17) is 10.5 Å². The molecule has 210 valence electrons. The molecule has 0 aliphatic carbocycles. The Hall–Kier alpha value is -2.49. The highest BCUT2D eigenvalue weighted by Crippen LogP contribution is 2.13. The molecule has 1 rings (SSSR count). The number of methoxy groups -OCH3 is 1. The normalized spacial score (nSPS) is 16.4. The molecule has 0 spiro atoms. The van der Waals surface area contributed by atoms with Crippen LogP contribution >= 0.6 is 0 Å². The average Bonchev–Trinajstić information content (AvgIpc) is 2.85. The third-order valence-corrected chi connectivity index (χ3v) is 6.61. The lowest BCUT2D eigenvalue weighted by atomic mass is 9.95. The first-order valence-electron chi connectivity index (χ1n) is 13.3. The fourth-order valence-electron chi connectivity index (χ4n) is 4.12. The molecule has 0 fully saturated rings. The molecule has 0 saturated heterocycles. The summed E-state index contributed by atoms with van der Waals surface area (Å²) in [6.45, 7) is 11.8. The molecule has 1 aromatic carbocycles. The molecule has 2 amide bonds. The third kappa shape index (κ3) is 11.2. The van der Waals surface area contributed by atoms with Crippen LogP contribution in [0.1, 0.15) is 59.9 Å². The molecule has 0 aliphatic rings. The van der Waals surface area contributed by atoms with Crippen LogP contribution in [0.2, 0.25) is 0 Å². The zero-order valence-electron chi connectivity index (χ0n) is 23.5. The summed E-state index contributed by atoms with van der Waals surface area (Å²) >= 11 is 0. The van der Waals surface area contributed by atoms with Gasteiger partial charge in [-0.3, -0.25) is 9.59 Å². The highest BCUT2D eigenvalue weighted by atomic mass is 16.5. The minimum Gasteiger partial charge on any atom is -0.467 e. The zero-order chi connectivity index (χ0) is 28.1. The first kappa shape index (κ1) is 32.5. The van der Waals surface area contributed by atoms with E-state index in [0.717, 1.165) is 5.56 Å². The van der Waals surface area contributed by atoms with Crippen molar-refractivity contribution < 1.29 is 24.2 Å². The molecular weight excluding hydrogens is 472 g/mol. The summed E-state index contributed by atoms with van der Waals surface area (Å²) < 4.78 is 4.92. The lowest BCUT2D eigenvalue weighted by Crippen LogP contribution is -2.59. The molecule has 1 aromatic rings. The molecule has 0 saturated carbocycles. The Morgan fingerprint density at radius 2 is 1.57 bits per heavy atom. The first-order chi connectivity index (χ1) is 17.4. The largest absolute Gasteiger partial charge is 0.467 e. The number of aliphatic hydroxyl groups excluding tert-OH is 1. The second kappa shape index (κ2) is 16.4. The summed E-state index contributed by atoms with van der Waals surface area (Å²) in [6, 6.07) is 6.56. The van der Waals surface area contributed by atoms with Crippen molar-refractivity contribution in [2.45, 2.75) is 91.1 Å². The molecule has 0 aromatic heterocycles. The van der Waals surface area contributed by atoms with Gasteiger partial charge in [0.2, 0.25) is 11.8 Å². The van der Waals surface area contributed by atoms with Gasteiger partial charge in [0.15, 0.2) is 0 Å². The van der Waals surface area contributed by atoms with Crippen LogP contribution in [-0.4, -0.2) is 66.8 Å². The summed E-state index contributed by atoms with van der Waals surface area (Å²) in [5.41, 5.74) is 6.97. The molecule has 9 heteroatoms. The summed E-state index contributed by atoms with van der Waals surface area (Å²) in [5, 5.41) is 19.2. The van der Waals surface area contributed by atoms with Gasteiger partial charge in [-0.15, -0.1) is 0 Å². The number of hydrogen-bond donors (Lipinski definition) is 5. The van der Waals surface area contributed by atoms with Crippen molar-refractivity contribution in [1.82, 2.24) is 16.0 Å². The number of carbonyl (C=O) groups excluding carboxylic acids is 3. The number of rotatable bonds is 16. The van der Waals surface area contributed by atoms with Crippen LogP contribution in [0.15, 0.2) is 30.3 Å². The molecule has 6 N–H and O–H groups in total. The summed E-state index contributed by atoms with van der Waals surface area (Å²) in [7, 11) is 1.28. The Morgan fingerprint density at radius 3 is 2.08 bits per heavy atom. The number of hydrogen-bond acceptors (Lipinski definition) is 7. The average molecular weight is 521 g/mol. The van der Waals surface area contributed by atoms with E-state index in [1.54, 1.807) is 0 Å². The van der Waals surface area contributed by atoms with E-state index in [1.807, 2.05) is 71.9 Å². The van der Waals surface area contributed by atoms with Crippen molar-refractivity contribution in [3.05, 3.63) is 35.9 Å². The van der Waals surface area contributed by atoms with Crippen molar-refractivity contribution in [3.63, 3.8) is 0 Å². The Kier molecular flexibility index (Phi) is 14.4. The monoisotopic (exact) mass is 520 g/mol. The van der Waals surface area contributed by atoms with Gasteiger partial charge in [-0.05, 0) is 29.7 Å². The van der Waals surface area contributed by atoms with E-state index in [9.17, 15) is 19.5 Å². The number of carbonyl (C=O) groups is 3. The van der Waals surface area contributed by atoms with E-state index in [1.165, 1.54) is 7.11 Å². The van der Waals surface area contributed by atoms with E-state index >= 15 is 0 Å². The SMILES string of the molecule is CC[C@H](C)[C@H](NC(=O)[C@@H](NC[C@H](O)[C@@H](N)CC(C)C)C(C)C)C(=O)N[C@@H](Cc1ccccc1)C(=O)OC. The molecule has 9 nitrogen and oxygen atoms in total. The minimum absolute atomic E-state index is 0.102. The van der Waals surface area contributed by atoms with Crippen molar-refractivity contribution in [2.75, 3.05) is 13.7 Å². The predicted octanol–water partition coefficient (Wildman–Crippen LogP) is 1.77. The number of ether oxygens (including phenoxy) is 1. The smallest absolute Gasteiger partial charge is 0.328 e. The van der Waals surface area contributed by atoms with Gasteiger partial charge in [0, 0.05) is 19.0 Å². The number of esters is 1. The molecule has 0 bridgehead atoms. The summed E-state index contributed by atoms with van der Waals surface area (Å²) in [6.07, 6.45) is 0.777. The lowest BCUT2D eigenvalue weighted by Gasteiger charge is -2.30. The molecule has 0 heterocycles. The number of aliphatic hydroxyl groups is 1. The lowest BCUT2D eigenvalue weighted by molar-refractivity contribution is -0.145. The number of nitrogens with one attached hydrogen (secondary N) is 3. The summed E-state index contributed by atoms with van der Waals surface area (Å²) in [5.74, 6) is -1.29.